The normalized spacial score (nSPS) is 36.2. The molecule has 0 aromatic heterocycles. The maximum absolute atomic E-state index is 14.4. The monoisotopic (exact) mass is 691 g/mol. The summed E-state index contributed by atoms with van der Waals surface area (Å²) in [5.74, 6) is 1.16. The number of Topliss-reactive ketones (excluding diaryl/α,β-unsaturated/α-hetero) is 1. The number of esters is 1. The van der Waals surface area contributed by atoms with E-state index >= 15 is 0 Å². The Bertz CT molecular complexity index is 1530. The summed E-state index contributed by atoms with van der Waals surface area (Å²) in [4.78, 5) is 39.1. The first kappa shape index (κ1) is 37.2. The van der Waals surface area contributed by atoms with Gasteiger partial charge >= 0.3 is 11.9 Å². The number of allylic oxidation sites excluding steroid dienone is 2. The predicted octanol–water partition coefficient (Wildman–Crippen LogP) is 9.31. The number of hydrogen-bond donors (Lipinski definition) is 2. The summed E-state index contributed by atoms with van der Waals surface area (Å²) in [5, 5.41) is 13.0. The Morgan fingerprint density at radius 1 is 0.920 bits per heavy atom. The van der Waals surface area contributed by atoms with E-state index in [1.807, 2.05) is 0 Å². The van der Waals surface area contributed by atoms with E-state index in [0.29, 0.717) is 48.5 Å². The van der Waals surface area contributed by atoms with E-state index in [1.54, 1.807) is 26.0 Å². The first-order chi connectivity index (χ1) is 23.4. The van der Waals surface area contributed by atoms with E-state index in [4.69, 9.17) is 4.74 Å². The van der Waals surface area contributed by atoms with Crippen molar-refractivity contribution in [3.63, 3.8) is 0 Å². The van der Waals surface area contributed by atoms with Crippen LogP contribution in [0, 0.1) is 62.5 Å². The molecule has 1 aromatic carbocycles. The number of carboxylic acid groups (broad SMARTS) is 1. The van der Waals surface area contributed by atoms with Crippen LogP contribution in [0.5, 0.6) is 0 Å². The van der Waals surface area contributed by atoms with Crippen LogP contribution in [0.15, 0.2) is 35.4 Å². The van der Waals surface area contributed by atoms with Crippen molar-refractivity contribution in [3.05, 3.63) is 46.8 Å². The zero-order valence-electron chi connectivity index (χ0n) is 31.9. The average molecular weight is 692 g/mol. The van der Waals surface area contributed by atoms with E-state index < -0.39 is 17.4 Å². The number of nitrogens with one attached hydrogen (secondary N) is 1. The molecule has 1 aromatic rings. The number of carbonyl (C=O) groups excluding carboxylic acids is 2. The minimum absolute atomic E-state index is 0.113. The van der Waals surface area contributed by atoms with Crippen LogP contribution in [0.3, 0.4) is 0 Å². The Balaban J connectivity index is 1.21. The molecule has 8 unspecified atom stereocenters. The van der Waals surface area contributed by atoms with Crippen LogP contribution in [0.4, 0.5) is 4.39 Å². The lowest BCUT2D eigenvalue weighted by molar-refractivity contribution is -0.202. The van der Waals surface area contributed by atoms with Crippen molar-refractivity contribution in [2.75, 3.05) is 6.54 Å². The van der Waals surface area contributed by atoms with Gasteiger partial charge in [-0.15, -0.1) is 0 Å². The second-order valence-corrected chi connectivity index (χ2v) is 19.0. The van der Waals surface area contributed by atoms with Gasteiger partial charge in [0.1, 0.15) is 11.9 Å². The van der Waals surface area contributed by atoms with Gasteiger partial charge in [-0.25, -0.2) is 4.39 Å². The number of carbonyl (C=O) groups is 3. The molecule has 5 aliphatic rings. The van der Waals surface area contributed by atoms with Gasteiger partial charge in [0.2, 0.25) is 0 Å². The Morgan fingerprint density at radius 3 is 2.28 bits per heavy atom. The number of rotatable bonds is 10. The number of benzene rings is 1. The maximum atomic E-state index is 14.4. The first-order valence-corrected chi connectivity index (χ1v) is 19.5. The molecule has 7 heteroatoms. The molecule has 8 atom stereocenters. The first-order valence-electron chi connectivity index (χ1n) is 19.5. The topological polar surface area (TPSA) is 92.7 Å². The van der Waals surface area contributed by atoms with Crippen molar-refractivity contribution in [3.8, 4) is 0 Å². The minimum atomic E-state index is -1.15. The Hall–Kier alpha value is -2.54. The highest BCUT2D eigenvalue weighted by atomic mass is 19.1. The molecule has 2 N–H and O–H groups in total. The molecule has 50 heavy (non-hydrogen) atoms. The van der Waals surface area contributed by atoms with E-state index in [1.165, 1.54) is 29.7 Å². The molecule has 0 amide bonds. The molecule has 0 spiro atoms. The Kier molecular flexibility index (Phi) is 9.79. The van der Waals surface area contributed by atoms with Gasteiger partial charge in [0.25, 0.3) is 0 Å². The van der Waals surface area contributed by atoms with Gasteiger partial charge < -0.3 is 15.2 Å². The number of ketones is 1. The number of hydrogen-bond acceptors (Lipinski definition) is 5. The molecule has 0 radical (unpaired) electrons. The van der Waals surface area contributed by atoms with Crippen molar-refractivity contribution in [1.29, 1.82) is 0 Å². The molecule has 6 rings (SSSR count). The SMILES string of the molecule is CC(C)C1=C2C3CCC4C5CCC(OC(=O)CC(C)(C)C(=O)O)C(C)(C)C5CCC4(C)C3(C)CCC2(C(=O)CNCc2ccc(F)cc2)CC1. The van der Waals surface area contributed by atoms with Gasteiger partial charge in [-0.2, -0.15) is 0 Å². The van der Waals surface area contributed by atoms with Gasteiger partial charge in [-0.1, -0.05) is 64.8 Å². The van der Waals surface area contributed by atoms with Crippen LogP contribution >= 0.6 is 0 Å². The van der Waals surface area contributed by atoms with Crippen molar-refractivity contribution in [2.45, 2.75) is 139 Å². The van der Waals surface area contributed by atoms with E-state index in [9.17, 15) is 23.9 Å². The quantitative estimate of drug-likeness (QED) is 0.188. The third kappa shape index (κ3) is 5.99. The predicted molar refractivity (Wildman–Crippen MR) is 193 cm³/mol. The number of halogens is 1. The van der Waals surface area contributed by atoms with Gasteiger partial charge in [0, 0.05) is 12.0 Å². The van der Waals surface area contributed by atoms with Crippen LogP contribution in [0.25, 0.3) is 0 Å². The lowest BCUT2D eigenvalue weighted by Crippen LogP contribution is -2.63. The fraction of sp³-hybridized carbons (Fsp3) is 0.744. The van der Waals surface area contributed by atoms with E-state index in [2.05, 4.69) is 46.9 Å². The van der Waals surface area contributed by atoms with Crippen molar-refractivity contribution in [2.24, 2.45) is 56.7 Å². The molecule has 0 saturated heterocycles. The second kappa shape index (κ2) is 13.1. The highest BCUT2D eigenvalue weighted by Crippen LogP contribution is 2.74. The van der Waals surface area contributed by atoms with Gasteiger partial charge in [-0.05, 0) is 136 Å². The summed E-state index contributed by atoms with van der Waals surface area (Å²) in [6, 6.07) is 6.52. The molecule has 4 saturated carbocycles. The fourth-order valence-electron chi connectivity index (χ4n) is 12.3. The summed E-state index contributed by atoms with van der Waals surface area (Å²) >= 11 is 0. The van der Waals surface area contributed by atoms with Crippen LogP contribution in [0.1, 0.15) is 132 Å². The molecule has 4 fully saturated rings. The lowest BCUT2D eigenvalue weighted by atomic mass is 9.36. The van der Waals surface area contributed by atoms with Crippen LogP contribution in [0.2, 0.25) is 0 Å². The summed E-state index contributed by atoms with van der Waals surface area (Å²) in [6.45, 7) is 18.4. The highest BCUT2D eigenvalue weighted by Gasteiger charge is 2.67. The lowest BCUT2D eigenvalue weighted by Gasteiger charge is -2.69. The third-order valence-corrected chi connectivity index (χ3v) is 15.5. The molecule has 0 aliphatic heterocycles. The van der Waals surface area contributed by atoms with Gasteiger partial charge in [-0.3, -0.25) is 14.4 Å². The number of ether oxygens (including phenoxy) is 1. The number of fused-ring (bicyclic) bond motifs is 7. The molecular formula is C43H62FNO5. The molecule has 276 valence electrons. The summed E-state index contributed by atoms with van der Waals surface area (Å²) in [6.07, 6.45) is 10.1. The fourth-order valence-corrected chi connectivity index (χ4v) is 12.3. The van der Waals surface area contributed by atoms with Crippen molar-refractivity contribution < 1.29 is 28.6 Å². The molecular weight excluding hydrogens is 629 g/mol. The van der Waals surface area contributed by atoms with Crippen LogP contribution in [-0.2, 0) is 25.7 Å². The van der Waals surface area contributed by atoms with E-state index in [-0.39, 0.29) is 40.0 Å². The standard InChI is InChI=1S/C43H62FNO5/c1-26(2)29-17-20-43(34(46)25-45-24-27-9-11-28(44)12-10-27)22-21-42(8)33(37(29)43)15-14-32-30-13-16-35(50-36(47)23-39(3,4)38(48)49)40(5,6)31(30)18-19-41(32,42)7/h9-12,26,30-33,35,45H,13-25H2,1-8H3,(H,48,49). The molecule has 0 heterocycles. The molecule has 5 aliphatic carbocycles. The number of aliphatic carboxylic acids is 1. The highest BCUT2D eigenvalue weighted by molar-refractivity contribution is 5.91. The van der Waals surface area contributed by atoms with Crippen LogP contribution < -0.4 is 5.32 Å². The zero-order chi connectivity index (χ0) is 36.4. The van der Waals surface area contributed by atoms with Crippen LogP contribution in [-0.4, -0.2) is 35.5 Å². The largest absolute Gasteiger partial charge is 0.481 e. The maximum Gasteiger partial charge on any atom is 0.309 e. The summed E-state index contributed by atoms with van der Waals surface area (Å²) in [5.41, 5.74) is 2.61. The van der Waals surface area contributed by atoms with E-state index in [0.717, 1.165) is 63.4 Å². The number of carboxylic acids is 1. The van der Waals surface area contributed by atoms with Gasteiger partial charge in [0.15, 0.2) is 5.78 Å². The third-order valence-electron chi connectivity index (χ3n) is 15.5. The average Bonchev–Trinajstić information content (AvgIpc) is 3.44. The minimum Gasteiger partial charge on any atom is -0.481 e. The molecule has 0 bridgehead atoms. The Morgan fingerprint density at radius 2 is 1.62 bits per heavy atom. The zero-order valence-corrected chi connectivity index (χ0v) is 31.9. The molecule has 6 nitrogen and oxygen atoms in total. The van der Waals surface area contributed by atoms with Crippen molar-refractivity contribution in [1.82, 2.24) is 5.32 Å². The second-order valence-electron chi connectivity index (χ2n) is 19.0. The summed E-state index contributed by atoms with van der Waals surface area (Å²) in [7, 11) is 0. The summed E-state index contributed by atoms with van der Waals surface area (Å²) < 4.78 is 19.6. The Labute approximate surface area is 299 Å². The van der Waals surface area contributed by atoms with Gasteiger partial charge in [0.05, 0.1) is 23.8 Å². The smallest absolute Gasteiger partial charge is 0.309 e. The van der Waals surface area contributed by atoms with Crippen molar-refractivity contribution >= 4 is 17.7 Å².